The van der Waals surface area contributed by atoms with Crippen molar-refractivity contribution in [3.8, 4) is 0 Å². The maximum Gasteiger partial charge on any atom is 0.0198 e. The van der Waals surface area contributed by atoms with Crippen LogP contribution >= 0.6 is 0 Å². The van der Waals surface area contributed by atoms with Gasteiger partial charge in [0, 0.05) is 25.2 Å². The van der Waals surface area contributed by atoms with Gasteiger partial charge in [0.15, 0.2) is 0 Å². The van der Waals surface area contributed by atoms with Crippen molar-refractivity contribution in [2.45, 2.75) is 71.4 Å². The molecule has 1 N–H and O–H groups in total. The van der Waals surface area contributed by atoms with Crippen molar-refractivity contribution in [1.29, 1.82) is 0 Å². The number of likely N-dealkylation sites (tertiary alicyclic amines) is 1. The average Bonchev–Trinajstić information content (AvgIpc) is 2.40. The second kappa shape index (κ2) is 6.91. The molecule has 1 saturated heterocycles. The number of nitrogens with zero attached hydrogens (tertiary/aromatic N) is 1. The van der Waals surface area contributed by atoms with Crippen LogP contribution in [0.3, 0.4) is 0 Å². The third-order valence-electron chi connectivity index (χ3n) is 5.04. The van der Waals surface area contributed by atoms with E-state index in [9.17, 15) is 0 Å². The van der Waals surface area contributed by atoms with E-state index in [0.29, 0.717) is 0 Å². The zero-order valence-corrected chi connectivity index (χ0v) is 12.6. The van der Waals surface area contributed by atoms with Crippen molar-refractivity contribution in [3.63, 3.8) is 0 Å². The van der Waals surface area contributed by atoms with E-state index in [0.717, 1.165) is 30.5 Å². The molecular weight excluding hydrogens is 220 g/mol. The molecule has 2 unspecified atom stereocenters. The van der Waals surface area contributed by atoms with Crippen LogP contribution in [0.15, 0.2) is 0 Å². The van der Waals surface area contributed by atoms with E-state index in [-0.39, 0.29) is 0 Å². The monoisotopic (exact) mass is 252 g/mol. The van der Waals surface area contributed by atoms with Gasteiger partial charge in [0.1, 0.15) is 0 Å². The van der Waals surface area contributed by atoms with Crippen molar-refractivity contribution in [2.75, 3.05) is 19.6 Å². The lowest BCUT2D eigenvalue weighted by atomic mass is 9.83. The van der Waals surface area contributed by atoms with Gasteiger partial charge in [0.05, 0.1) is 0 Å². The number of piperidine rings is 1. The van der Waals surface area contributed by atoms with Crippen molar-refractivity contribution in [3.05, 3.63) is 0 Å². The Morgan fingerprint density at radius 2 is 1.83 bits per heavy atom. The highest BCUT2D eigenvalue weighted by Crippen LogP contribution is 2.30. The Labute approximate surface area is 114 Å². The summed E-state index contributed by atoms with van der Waals surface area (Å²) in [5.74, 6) is 1.72. The van der Waals surface area contributed by atoms with Crippen molar-refractivity contribution in [2.24, 2.45) is 11.8 Å². The molecule has 18 heavy (non-hydrogen) atoms. The van der Waals surface area contributed by atoms with Gasteiger partial charge in [0.2, 0.25) is 0 Å². The molecule has 0 aromatic heterocycles. The quantitative estimate of drug-likeness (QED) is 0.826. The van der Waals surface area contributed by atoms with E-state index in [4.69, 9.17) is 0 Å². The molecule has 2 nitrogen and oxygen atoms in total. The van der Waals surface area contributed by atoms with E-state index in [1.54, 1.807) is 0 Å². The highest BCUT2D eigenvalue weighted by molar-refractivity contribution is 4.88. The average molecular weight is 252 g/mol. The highest BCUT2D eigenvalue weighted by Gasteiger charge is 2.32. The SMILES string of the molecule is CCNC1CC(C(C)C)CN(C2CCCCC2)C1. The summed E-state index contributed by atoms with van der Waals surface area (Å²) in [6, 6.07) is 1.62. The topological polar surface area (TPSA) is 15.3 Å². The second-order valence-electron chi connectivity index (χ2n) is 6.74. The minimum absolute atomic E-state index is 0.734. The van der Waals surface area contributed by atoms with Gasteiger partial charge in [-0.15, -0.1) is 0 Å². The van der Waals surface area contributed by atoms with Gasteiger partial charge in [0.25, 0.3) is 0 Å². The van der Waals surface area contributed by atoms with Crippen LogP contribution in [-0.2, 0) is 0 Å². The molecule has 2 rings (SSSR count). The maximum absolute atomic E-state index is 3.70. The minimum Gasteiger partial charge on any atom is -0.313 e. The fourth-order valence-corrected chi connectivity index (χ4v) is 3.84. The van der Waals surface area contributed by atoms with E-state index >= 15 is 0 Å². The third-order valence-corrected chi connectivity index (χ3v) is 5.04. The molecule has 0 spiro atoms. The highest BCUT2D eigenvalue weighted by atomic mass is 15.2. The summed E-state index contributed by atoms with van der Waals surface area (Å²) in [4.78, 5) is 2.82. The molecule has 106 valence electrons. The molecule has 2 aliphatic rings. The predicted octanol–water partition coefficient (Wildman–Crippen LogP) is 3.28. The van der Waals surface area contributed by atoms with E-state index in [2.05, 4.69) is 31.0 Å². The lowest BCUT2D eigenvalue weighted by molar-refractivity contribution is 0.0624. The molecule has 0 radical (unpaired) electrons. The zero-order chi connectivity index (χ0) is 13.0. The summed E-state index contributed by atoms with van der Waals surface area (Å²) in [5, 5.41) is 3.70. The summed E-state index contributed by atoms with van der Waals surface area (Å²) in [6.07, 6.45) is 8.66. The van der Waals surface area contributed by atoms with E-state index < -0.39 is 0 Å². The zero-order valence-electron chi connectivity index (χ0n) is 12.6. The van der Waals surface area contributed by atoms with Crippen molar-refractivity contribution >= 4 is 0 Å². The normalized spacial score (nSPS) is 32.0. The lowest BCUT2D eigenvalue weighted by Gasteiger charge is -2.44. The molecule has 1 saturated carbocycles. The number of hydrogen-bond acceptors (Lipinski definition) is 2. The third kappa shape index (κ3) is 3.71. The Kier molecular flexibility index (Phi) is 5.50. The van der Waals surface area contributed by atoms with Gasteiger partial charge in [-0.1, -0.05) is 40.0 Å². The molecule has 2 fully saturated rings. The van der Waals surface area contributed by atoms with Crippen LogP contribution in [0, 0.1) is 11.8 Å². The Bertz CT molecular complexity index is 233. The fourth-order valence-electron chi connectivity index (χ4n) is 3.84. The van der Waals surface area contributed by atoms with Crippen LogP contribution in [0.2, 0.25) is 0 Å². The Hall–Kier alpha value is -0.0800. The molecule has 2 atom stereocenters. The van der Waals surface area contributed by atoms with Gasteiger partial charge >= 0.3 is 0 Å². The number of nitrogens with one attached hydrogen (secondary N) is 1. The summed E-state index contributed by atoms with van der Waals surface area (Å²) >= 11 is 0. The Morgan fingerprint density at radius 3 is 2.44 bits per heavy atom. The first-order chi connectivity index (χ1) is 8.70. The number of likely N-dealkylation sites (N-methyl/N-ethyl adjacent to an activating group) is 1. The van der Waals surface area contributed by atoms with Gasteiger partial charge < -0.3 is 5.32 Å². The summed E-state index contributed by atoms with van der Waals surface area (Å²) in [7, 11) is 0. The smallest absolute Gasteiger partial charge is 0.0198 e. The van der Waals surface area contributed by atoms with Crippen LogP contribution in [0.4, 0.5) is 0 Å². The molecule has 1 aliphatic carbocycles. The standard InChI is InChI=1S/C16H32N2/c1-4-17-15-10-14(13(2)3)11-18(12-15)16-8-6-5-7-9-16/h13-17H,4-12H2,1-3H3. The molecular formula is C16H32N2. The van der Waals surface area contributed by atoms with Crippen molar-refractivity contribution in [1.82, 2.24) is 10.2 Å². The second-order valence-corrected chi connectivity index (χ2v) is 6.74. The first kappa shape index (κ1) is 14.3. The summed E-state index contributed by atoms with van der Waals surface area (Å²) < 4.78 is 0. The Morgan fingerprint density at radius 1 is 1.11 bits per heavy atom. The molecule has 1 aliphatic heterocycles. The van der Waals surface area contributed by atoms with E-state index in [1.807, 2.05) is 0 Å². The lowest BCUT2D eigenvalue weighted by Crippen LogP contribution is -2.53. The van der Waals surface area contributed by atoms with Gasteiger partial charge in [-0.3, -0.25) is 4.90 Å². The van der Waals surface area contributed by atoms with Crippen LogP contribution in [0.5, 0.6) is 0 Å². The first-order valence-corrected chi connectivity index (χ1v) is 8.18. The first-order valence-electron chi connectivity index (χ1n) is 8.18. The van der Waals surface area contributed by atoms with Gasteiger partial charge in [-0.2, -0.15) is 0 Å². The summed E-state index contributed by atoms with van der Waals surface area (Å²) in [5.41, 5.74) is 0. The van der Waals surface area contributed by atoms with E-state index in [1.165, 1.54) is 51.6 Å². The van der Waals surface area contributed by atoms with Gasteiger partial charge in [-0.05, 0) is 37.6 Å². The fraction of sp³-hybridized carbons (Fsp3) is 1.00. The molecule has 2 heteroatoms. The maximum atomic E-state index is 3.70. The molecule has 0 bridgehead atoms. The molecule has 0 aromatic carbocycles. The van der Waals surface area contributed by atoms with Gasteiger partial charge in [-0.25, -0.2) is 0 Å². The Balaban J connectivity index is 1.95. The minimum atomic E-state index is 0.734. The van der Waals surface area contributed by atoms with Crippen LogP contribution in [0.1, 0.15) is 59.3 Å². The number of hydrogen-bond donors (Lipinski definition) is 1. The summed E-state index contributed by atoms with van der Waals surface area (Å²) in [6.45, 7) is 10.8. The molecule has 0 amide bonds. The molecule has 1 heterocycles. The molecule has 0 aromatic rings. The van der Waals surface area contributed by atoms with Crippen LogP contribution in [0.25, 0.3) is 0 Å². The largest absolute Gasteiger partial charge is 0.313 e. The van der Waals surface area contributed by atoms with Crippen LogP contribution < -0.4 is 5.32 Å². The van der Waals surface area contributed by atoms with Crippen LogP contribution in [-0.4, -0.2) is 36.6 Å². The predicted molar refractivity (Wildman–Crippen MR) is 78.9 cm³/mol. The van der Waals surface area contributed by atoms with Crippen molar-refractivity contribution < 1.29 is 0 Å². The number of rotatable bonds is 4.